The van der Waals surface area contributed by atoms with E-state index in [9.17, 15) is 4.79 Å². The number of ether oxygens (including phenoxy) is 1. The zero-order chi connectivity index (χ0) is 11.8. The summed E-state index contributed by atoms with van der Waals surface area (Å²) >= 11 is 0. The lowest BCUT2D eigenvalue weighted by atomic mass is 9.86. The molecule has 16 heavy (non-hydrogen) atoms. The summed E-state index contributed by atoms with van der Waals surface area (Å²) < 4.78 is 5.99. The first-order valence-corrected chi connectivity index (χ1v) is 5.98. The highest BCUT2D eigenvalue weighted by Crippen LogP contribution is 2.34. The maximum absolute atomic E-state index is 11.5. The molecular weight excluding hydrogens is 206 g/mol. The molecule has 1 spiro atoms. The van der Waals surface area contributed by atoms with Crippen molar-refractivity contribution >= 4 is 6.03 Å². The Morgan fingerprint density at radius 2 is 2.06 bits per heavy atom. The Hall–Kier alpha value is -0.810. The number of nitrogens with zero attached hydrogens (tertiary/aromatic N) is 1. The Kier molecular flexibility index (Phi) is 3.08. The molecule has 2 atom stereocenters. The molecule has 2 fully saturated rings. The fraction of sp³-hybridized carbons (Fsp3) is 0.909. The van der Waals surface area contributed by atoms with Crippen molar-refractivity contribution in [3.63, 3.8) is 0 Å². The third kappa shape index (κ3) is 1.89. The maximum Gasteiger partial charge on any atom is 0.317 e. The number of hydrogen-bond donors (Lipinski definition) is 2. The summed E-state index contributed by atoms with van der Waals surface area (Å²) in [7, 11) is 1.67. The highest BCUT2D eigenvalue weighted by molar-refractivity contribution is 5.73. The summed E-state index contributed by atoms with van der Waals surface area (Å²) in [5.41, 5.74) is -0.0655. The number of piperidine rings is 1. The molecule has 2 rings (SSSR count). The summed E-state index contributed by atoms with van der Waals surface area (Å²) in [4.78, 5) is 13.3. The van der Waals surface area contributed by atoms with Gasteiger partial charge in [0.25, 0.3) is 0 Å². The van der Waals surface area contributed by atoms with Crippen molar-refractivity contribution in [1.82, 2.24) is 15.5 Å². The minimum atomic E-state index is -0.0655. The van der Waals surface area contributed by atoms with E-state index in [1.54, 1.807) is 7.05 Å². The largest absolute Gasteiger partial charge is 0.355 e. The fourth-order valence-electron chi connectivity index (χ4n) is 2.79. The first-order valence-electron chi connectivity index (χ1n) is 5.98. The smallest absolute Gasteiger partial charge is 0.317 e. The molecule has 0 aromatic rings. The second-order valence-electron chi connectivity index (χ2n) is 4.76. The molecule has 2 amide bonds. The van der Waals surface area contributed by atoms with E-state index in [2.05, 4.69) is 17.6 Å². The van der Waals surface area contributed by atoms with Gasteiger partial charge in [0.1, 0.15) is 6.23 Å². The topological polar surface area (TPSA) is 53.6 Å². The van der Waals surface area contributed by atoms with Crippen LogP contribution >= 0.6 is 0 Å². The molecule has 0 bridgehead atoms. The quantitative estimate of drug-likeness (QED) is 0.634. The minimum absolute atomic E-state index is 0.0153. The zero-order valence-corrected chi connectivity index (χ0v) is 10.2. The number of nitrogens with one attached hydrogen (secondary N) is 2. The van der Waals surface area contributed by atoms with Gasteiger partial charge in [-0.15, -0.1) is 0 Å². The molecule has 5 nitrogen and oxygen atoms in total. The van der Waals surface area contributed by atoms with Gasteiger partial charge in [-0.2, -0.15) is 0 Å². The van der Waals surface area contributed by atoms with E-state index < -0.39 is 0 Å². The van der Waals surface area contributed by atoms with Crippen LogP contribution in [0.25, 0.3) is 0 Å². The van der Waals surface area contributed by atoms with Crippen molar-refractivity contribution in [3.8, 4) is 0 Å². The molecule has 2 saturated heterocycles. The SMILES string of the molecule is CNC(=O)N1CCC2(CC1)OC(C)NC2C. The van der Waals surface area contributed by atoms with Gasteiger partial charge in [0, 0.05) is 26.2 Å². The molecule has 5 heteroatoms. The maximum atomic E-state index is 11.5. The fourth-order valence-corrected chi connectivity index (χ4v) is 2.79. The first kappa shape index (κ1) is 11.7. The number of likely N-dealkylation sites (tertiary alicyclic amines) is 1. The van der Waals surface area contributed by atoms with E-state index >= 15 is 0 Å². The van der Waals surface area contributed by atoms with Crippen LogP contribution < -0.4 is 10.6 Å². The van der Waals surface area contributed by atoms with E-state index in [-0.39, 0.29) is 17.9 Å². The highest BCUT2D eigenvalue weighted by atomic mass is 16.5. The molecule has 0 aliphatic carbocycles. The van der Waals surface area contributed by atoms with Crippen LogP contribution in [0.5, 0.6) is 0 Å². The number of rotatable bonds is 0. The van der Waals surface area contributed by atoms with Crippen molar-refractivity contribution in [2.45, 2.75) is 44.6 Å². The predicted molar refractivity (Wildman–Crippen MR) is 61.1 cm³/mol. The summed E-state index contributed by atoms with van der Waals surface area (Å²) in [5.74, 6) is 0. The van der Waals surface area contributed by atoms with Gasteiger partial charge in [-0.25, -0.2) is 4.79 Å². The lowest BCUT2D eigenvalue weighted by Gasteiger charge is -2.40. The monoisotopic (exact) mass is 227 g/mol. The van der Waals surface area contributed by atoms with E-state index in [0.717, 1.165) is 25.9 Å². The van der Waals surface area contributed by atoms with Crippen molar-refractivity contribution in [1.29, 1.82) is 0 Å². The number of amides is 2. The molecule has 0 aromatic heterocycles. The molecule has 2 aliphatic rings. The standard InChI is InChI=1S/C11H21N3O2/c1-8-11(16-9(2)13-8)4-6-14(7-5-11)10(15)12-3/h8-9,13H,4-7H2,1-3H3,(H,12,15). The number of carbonyl (C=O) groups is 1. The second kappa shape index (κ2) is 4.22. The third-order valence-electron chi connectivity index (χ3n) is 3.80. The number of carbonyl (C=O) groups excluding carboxylic acids is 1. The van der Waals surface area contributed by atoms with E-state index in [1.807, 2.05) is 11.8 Å². The zero-order valence-electron chi connectivity index (χ0n) is 10.2. The van der Waals surface area contributed by atoms with Crippen LogP contribution in [0.2, 0.25) is 0 Å². The average Bonchev–Trinajstić information content (AvgIpc) is 2.54. The third-order valence-corrected chi connectivity index (χ3v) is 3.80. The Morgan fingerprint density at radius 1 is 1.44 bits per heavy atom. The molecule has 2 heterocycles. The second-order valence-corrected chi connectivity index (χ2v) is 4.76. The molecule has 2 unspecified atom stereocenters. The van der Waals surface area contributed by atoms with Crippen LogP contribution in [0.4, 0.5) is 4.79 Å². The first-order chi connectivity index (χ1) is 7.57. The molecule has 0 saturated carbocycles. The van der Waals surface area contributed by atoms with Crippen LogP contribution in [-0.2, 0) is 4.74 Å². The lowest BCUT2D eigenvalue weighted by molar-refractivity contribution is -0.0711. The minimum Gasteiger partial charge on any atom is -0.355 e. The molecule has 2 N–H and O–H groups in total. The highest BCUT2D eigenvalue weighted by Gasteiger charge is 2.46. The van der Waals surface area contributed by atoms with Gasteiger partial charge in [0.05, 0.1) is 5.60 Å². The summed E-state index contributed by atoms with van der Waals surface area (Å²) in [6.45, 7) is 5.76. The van der Waals surface area contributed by atoms with Gasteiger partial charge in [-0.1, -0.05) is 0 Å². The number of hydrogen-bond acceptors (Lipinski definition) is 3. The van der Waals surface area contributed by atoms with Crippen molar-refractivity contribution in [2.75, 3.05) is 20.1 Å². The predicted octanol–water partition coefficient (Wildman–Crippen LogP) is 0.515. The Morgan fingerprint density at radius 3 is 2.50 bits per heavy atom. The van der Waals surface area contributed by atoms with Crippen LogP contribution in [0.1, 0.15) is 26.7 Å². The Bertz CT molecular complexity index is 274. The summed E-state index contributed by atoms with van der Waals surface area (Å²) in [6, 6.07) is 0.385. The van der Waals surface area contributed by atoms with Crippen molar-refractivity contribution in [2.24, 2.45) is 0 Å². The molecular formula is C11H21N3O2. The van der Waals surface area contributed by atoms with Gasteiger partial charge in [-0.3, -0.25) is 5.32 Å². The molecule has 2 aliphatic heterocycles. The van der Waals surface area contributed by atoms with E-state index in [1.165, 1.54) is 0 Å². The van der Waals surface area contributed by atoms with Gasteiger partial charge in [0.15, 0.2) is 0 Å². The van der Waals surface area contributed by atoms with Crippen LogP contribution in [0.3, 0.4) is 0 Å². The average molecular weight is 227 g/mol. The van der Waals surface area contributed by atoms with E-state index in [0.29, 0.717) is 6.04 Å². The molecule has 92 valence electrons. The van der Waals surface area contributed by atoms with Crippen molar-refractivity contribution < 1.29 is 9.53 Å². The van der Waals surface area contributed by atoms with Gasteiger partial charge < -0.3 is 15.0 Å². The normalized spacial score (nSPS) is 33.1. The van der Waals surface area contributed by atoms with E-state index in [4.69, 9.17) is 4.74 Å². The molecule has 0 aromatic carbocycles. The lowest BCUT2D eigenvalue weighted by Crippen LogP contribution is -2.53. The van der Waals surface area contributed by atoms with Gasteiger partial charge in [0.2, 0.25) is 0 Å². The Balaban J connectivity index is 1.96. The van der Waals surface area contributed by atoms with Crippen LogP contribution in [0.15, 0.2) is 0 Å². The summed E-state index contributed by atoms with van der Waals surface area (Å²) in [6.07, 6.45) is 1.96. The molecule has 0 radical (unpaired) electrons. The van der Waals surface area contributed by atoms with Gasteiger partial charge >= 0.3 is 6.03 Å². The van der Waals surface area contributed by atoms with Crippen LogP contribution in [0, 0.1) is 0 Å². The summed E-state index contributed by atoms with van der Waals surface area (Å²) in [5, 5.41) is 6.06. The van der Waals surface area contributed by atoms with Crippen LogP contribution in [-0.4, -0.2) is 48.9 Å². The van der Waals surface area contributed by atoms with Gasteiger partial charge in [-0.05, 0) is 26.7 Å². The van der Waals surface area contributed by atoms with Crippen molar-refractivity contribution in [3.05, 3.63) is 0 Å². The number of urea groups is 1. The Labute approximate surface area is 96.5 Å².